The highest BCUT2D eigenvalue weighted by molar-refractivity contribution is 5.94. The summed E-state index contributed by atoms with van der Waals surface area (Å²) in [5.41, 5.74) is 6.80. The molecule has 114 valence electrons. The number of rotatable bonds is 7. The van der Waals surface area contributed by atoms with E-state index in [0.29, 0.717) is 18.7 Å². The Hall–Kier alpha value is -1.83. The molecular formula is C17H25N3O. The summed E-state index contributed by atoms with van der Waals surface area (Å²) in [5, 5.41) is 2.95. The Morgan fingerprint density at radius 1 is 1.33 bits per heavy atom. The molecule has 21 heavy (non-hydrogen) atoms. The standard InChI is InChI=1S/C17H25N3O/c1-3-12-20(4-2)13-11-19-17(21)16-9-5-7-15(14-16)8-6-10-18/h5,7,9,14H,3-4,10-13,18H2,1-2H3,(H,19,21). The fourth-order valence-corrected chi connectivity index (χ4v) is 2.07. The molecule has 0 heterocycles. The molecule has 0 saturated heterocycles. The van der Waals surface area contributed by atoms with Crippen LogP contribution in [0.15, 0.2) is 24.3 Å². The van der Waals surface area contributed by atoms with E-state index in [1.165, 1.54) is 0 Å². The summed E-state index contributed by atoms with van der Waals surface area (Å²) < 4.78 is 0. The number of amides is 1. The molecule has 1 rings (SSSR count). The molecule has 1 aromatic rings. The van der Waals surface area contributed by atoms with Crippen molar-refractivity contribution in [2.75, 3.05) is 32.7 Å². The van der Waals surface area contributed by atoms with Gasteiger partial charge in [-0.2, -0.15) is 0 Å². The first-order chi connectivity index (χ1) is 10.2. The van der Waals surface area contributed by atoms with Gasteiger partial charge in [0.1, 0.15) is 0 Å². The van der Waals surface area contributed by atoms with Crippen LogP contribution in [0, 0.1) is 11.8 Å². The van der Waals surface area contributed by atoms with Crippen LogP contribution in [-0.4, -0.2) is 43.5 Å². The van der Waals surface area contributed by atoms with E-state index in [1.807, 2.05) is 12.1 Å². The third-order valence-electron chi connectivity index (χ3n) is 3.16. The highest BCUT2D eigenvalue weighted by Crippen LogP contribution is 2.04. The molecule has 0 fully saturated rings. The molecule has 0 atom stereocenters. The number of hydrogen-bond acceptors (Lipinski definition) is 3. The molecule has 1 amide bonds. The van der Waals surface area contributed by atoms with Gasteiger partial charge in [-0.3, -0.25) is 4.79 Å². The van der Waals surface area contributed by atoms with Crippen LogP contribution in [0.25, 0.3) is 0 Å². The van der Waals surface area contributed by atoms with Gasteiger partial charge in [-0.25, -0.2) is 0 Å². The summed E-state index contributed by atoms with van der Waals surface area (Å²) in [6.45, 7) is 8.23. The van der Waals surface area contributed by atoms with Crippen LogP contribution < -0.4 is 11.1 Å². The second-order valence-electron chi connectivity index (χ2n) is 4.78. The van der Waals surface area contributed by atoms with Crippen molar-refractivity contribution in [3.05, 3.63) is 35.4 Å². The van der Waals surface area contributed by atoms with E-state index < -0.39 is 0 Å². The van der Waals surface area contributed by atoms with Crippen molar-refractivity contribution < 1.29 is 4.79 Å². The molecular weight excluding hydrogens is 262 g/mol. The fraction of sp³-hybridized carbons (Fsp3) is 0.471. The van der Waals surface area contributed by atoms with Gasteiger partial charge in [0.05, 0.1) is 6.54 Å². The molecule has 0 spiro atoms. The van der Waals surface area contributed by atoms with Crippen LogP contribution in [-0.2, 0) is 0 Å². The van der Waals surface area contributed by atoms with E-state index in [9.17, 15) is 4.79 Å². The first-order valence-electron chi connectivity index (χ1n) is 7.50. The van der Waals surface area contributed by atoms with E-state index in [1.54, 1.807) is 12.1 Å². The Balaban J connectivity index is 2.52. The summed E-state index contributed by atoms with van der Waals surface area (Å²) in [7, 11) is 0. The van der Waals surface area contributed by atoms with Crippen molar-refractivity contribution in [2.24, 2.45) is 5.73 Å². The number of hydrogen-bond donors (Lipinski definition) is 2. The lowest BCUT2D eigenvalue weighted by molar-refractivity contribution is 0.0948. The summed E-state index contributed by atoms with van der Waals surface area (Å²) in [6.07, 6.45) is 1.13. The van der Waals surface area contributed by atoms with Gasteiger partial charge in [-0.1, -0.05) is 31.8 Å². The number of nitrogens with zero attached hydrogens (tertiary/aromatic N) is 1. The summed E-state index contributed by atoms with van der Waals surface area (Å²) >= 11 is 0. The monoisotopic (exact) mass is 287 g/mol. The summed E-state index contributed by atoms with van der Waals surface area (Å²) in [4.78, 5) is 14.4. The van der Waals surface area contributed by atoms with Crippen molar-refractivity contribution in [3.63, 3.8) is 0 Å². The lowest BCUT2D eigenvalue weighted by atomic mass is 10.1. The van der Waals surface area contributed by atoms with Gasteiger partial charge < -0.3 is 16.0 Å². The van der Waals surface area contributed by atoms with Crippen molar-refractivity contribution >= 4 is 5.91 Å². The van der Waals surface area contributed by atoms with Crippen LogP contribution in [0.5, 0.6) is 0 Å². The zero-order valence-corrected chi connectivity index (χ0v) is 13.0. The highest BCUT2D eigenvalue weighted by Gasteiger charge is 2.06. The van der Waals surface area contributed by atoms with E-state index in [4.69, 9.17) is 5.73 Å². The van der Waals surface area contributed by atoms with Gasteiger partial charge in [0.15, 0.2) is 0 Å². The van der Waals surface area contributed by atoms with Crippen molar-refractivity contribution in [1.29, 1.82) is 0 Å². The third kappa shape index (κ3) is 6.44. The zero-order chi connectivity index (χ0) is 15.5. The van der Waals surface area contributed by atoms with Crippen LogP contribution in [0.4, 0.5) is 0 Å². The Morgan fingerprint density at radius 2 is 2.14 bits per heavy atom. The third-order valence-corrected chi connectivity index (χ3v) is 3.16. The smallest absolute Gasteiger partial charge is 0.251 e. The number of carbonyl (C=O) groups is 1. The van der Waals surface area contributed by atoms with E-state index in [0.717, 1.165) is 31.6 Å². The SMILES string of the molecule is CCCN(CC)CCNC(=O)c1cccc(C#CCN)c1. The number of benzene rings is 1. The quantitative estimate of drug-likeness (QED) is 0.747. The minimum absolute atomic E-state index is 0.0565. The van der Waals surface area contributed by atoms with Crippen molar-refractivity contribution in [1.82, 2.24) is 10.2 Å². The van der Waals surface area contributed by atoms with Crippen LogP contribution in [0.2, 0.25) is 0 Å². The van der Waals surface area contributed by atoms with Gasteiger partial charge in [-0.15, -0.1) is 0 Å². The maximum atomic E-state index is 12.1. The first-order valence-corrected chi connectivity index (χ1v) is 7.50. The lowest BCUT2D eigenvalue weighted by Gasteiger charge is -2.19. The molecule has 0 unspecified atom stereocenters. The normalized spacial score (nSPS) is 10.1. The average Bonchev–Trinajstić information content (AvgIpc) is 2.52. The van der Waals surface area contributed by atoms with E-state index in [-0.39, 0.29) is 5.91 Å². The molecule has 3 N–H and O–H groups in total. The molecule has 4 heteroatoms. The van der Waals surface area contributed by atoms with E-state index >= 15 is 0 Å². The Bertz CT molecular complexity index is 502. The minimum Gasteiger partial charge on any atom is -0.351 e. The van der Waals surface area contributed by atoms with Crippen molar-refractivity contribution in [2.45, 2.75) is 20.3 Å². The number of nitrogens with two attached hydrogens (primary N) is 1. The van der Waals surface area contributed by atoms with Crippen LogP contribution in [0.3, 0.4) is 0 Å². The van der Waals surface area contributed by atoms with Crippen molar-refractivity contribution in [3.8, 4) is 11.8 Å². The molecule has 0 aliphatic rings. The Labute approximate surface area is 127 Å². The van der Waals surface area contributed by atoms with Gasteiger partial charge >= 0.3 is 0 Å². The fourth-order valence-electron chi connectivity index (χ4n) is 2.07. The zero-order valence-electron chi connectivity index (χ0n) is 13.0. The number of likely N-dealkylation sites (N-methyl/N-ethyl adjacent to an activating group) is 1. The predicted octanol–water partition coefficient (Wildman–Crippen LogP) is 1.46. The maximum Gasteiger partial charge on any atom is 0.251 e. The molecule has 0 saturated carbocycles. The second-order valence-corrected chi connectivity index (χ2v) is 4.78. The summed E-state index contributed by atoms with van der Waals surface area (Å²) in [6, 6.07) is 7.30. The molecule has 0 radical (unpaired) electrons. The Morgan fingerprint density at radius 3 is 2.81 bits per heavy atom. The topological polar surface area (TPSA) is 58.4 Å². The molecule has 1 aromatic carbocycles. The highest BCUT2D eigenvalue weighted by atomic mass is 16.1. The minimum atomic E-state index is -0.0565. The molecule has 0 aliphatic carbocycles. The molecule has 4 nitrogen and oxygen atoms in total. The summed E-state index contributed by atoms with van der Waals surface area (Å²) in [5.74, 6) is 5.67. The largest absolute Gasteiger partial charge is 0.351 e. The molecule has 0 bridgehead atoms. The van der Waals surface area contributed by atoms with Gasteiger partial charge in [0.2, 0.25) is 0 Å². The van der Waals surface area contributed by atoms with Gasteiger partial charge in [0.25, 0.3) is 5.91 Å². The van der Waals surface area contributed by atoms with Gasteiger partial charge in [0, 0.05) is 24.2 Å². The predicted molar refractivity (Wildman–Crippen MR) is 87.1 cm³/mol. The van der Waals surface area contributed by atoms with Gasteiger partial charge in [-0.05, 0) is 37.7 Å². The van der Waals surface area contributed by atoms with Crippen LogP contribution >= 0.6 is 0 Å². The maximum absolute atomic E-state index is 12.1. The second kappa shape index (κ2) is 9.98. The molecule has 0 aliphatic heterocycles. The van der Waals surface area contributed by atoms with E-state index in [2.05, 4.69) is 35.9 Å². The number of nitrogens with one attached hydrogen (secondary N) is 1. The average molecular weight is 287 g/mol. The van der Waals surface area contributed by atoms with Crippen LogP contribution in [0.1, 0.15) is 36.2 Å². The lowest BCUT2D eigenvalue weighted by Crippen LogP contribution is -2.35. The Kier molecular flexibility index (Phi) is 8.18. The first kappa shape index (κ1) is 17.2. The molecule has 0 aromatic heterocycles. The number of carbonyl (C=O) groups excluding carboxylic acids is 1.